The highest BCUT2D eigenvalue weighted by Crippen LogP contribution is 2.18. The topological polar surface area (TPSA) is 49.4 Å². The van der Waals surface area contributed by atoms with Gasteiger partial charge in [-0.15, -0.1) is 0 Å². The monoisotopic (exact) mass is 394 g/mol. The Hall–Kier alpha value is -2.62. The van der Waals surface area contributed by atoms with Gasteiger partial charge in [-0.3, -0.25) is 9.59 Å². The highest BCUT2D eigenvalue weighted by atomic mass is 16.2. The summed E-state index contributed by atoms with van der Waals surface area (Å²) in [5, 5.41) is 3.09. The molecule has 0 aliphatic rings. The van der Waals surface area contributed by atoms with E-state index in [1.165, 1.54) is 0 Å². The average molecular weight is 395 g/mol. The molecule has 0 aliphatic carbocycles. The van der Waals surface area contributed by atoms with Crippen LogP contribution in [-0.2, 0) is 22.6 Å². The number of aryl methyl sites for hydroxylation is 1. The van der Waals surface area contributed by atoms with Gasteiger partial charge in [0.25, 0.3) is 0 Å². The highest BCUT2D eigenvalue weighted by Gasteiger charge is 2.30. The van der Waals surface area contributed by atoms with Crippen molar-refractivity contribution in [2.24, 2.45) is 0 Å². The maximum Gasteiger partial charge on any atom is 0.243 e. The molecule has 0 saturated carbocycles. The van der Waals surface area contributed by atoms with Gasteiger partial charge in [0, 0.05) is 25.4 Å². The second-order valence-corrected chi connectivity index (χ2v) is 7.72. The van der Waals surface area contributed by atoms with Gasteiger partial charge in [0.15, 0.2) is 0 Å². The third-order valence-electron chi connectivity index (χ3n) is 5.34. The lowest BCUT2D eigenvalue weighted by Gasteiger charge is -2.32. The van der Waals surface area contributed by atoms with Crippen LogP contribution < -0.4 is 5.32 Å². The summed E-state index contributed by atoms with van der Waals surface area (Å²) in [5.41, 5.74) is 3.25. The number of rotatable bonds is 10. The number of nitrogens with one attached hydrogen (secondary N) is 1. The molecule has 0 heterocycles. The molecule has 29 heavy (non-hydrogen) atoms. The minimum Gasteiger partial charge on any atom is -0.352 e. The van der Waals surface area contributed by atoms with E-state index in [4.69, 9.17) is 0 Å². The van der Waals surface area contributed by atoms with Crippen molar-refractivity contribution < 1.29 is 9.59 Å². The highest BCUT2D eigenvalue weighted by molar-refractivity contribution is 5.88. The SMILES string of the molecule is CCCC(=O)N(Cc1ccccc1C)[C@@H](Cc1ccccc1)C(=O)N[C@@H](C)CC. The van der Waals surface area contributed by atoms with Crippen LogP contribution >= 0.6 is 0 Å². The summed E-state index contributed by atoms with van der Waals surface area (Å²) in [6, 6.07) is 17.5. The number of amides is 2. The zero-order valence-electron chi connectivity index (χ0n) is 18.2. The van der Waals surface area contributed by atoms with Gasteiger partial charge in [-0.05, 0) is 43.4 Å². The Morgan fingerprint density at radius 2 is 1.66 bits per heavy atom. The van der Waals surface area contributed by atoms with Gasteiger partial charge in [-0.25, -0.2) is 0 Å². The third kappa shape index (κ3) is 6.74. The van der Waals surface area contributed by atoms with Crippen LogP contribution in [0.15, 0.2) is 54.6 Å². The van der Waals surface area contributed by atoms with E-state index in [0.29, 0.717) is 19.4 Å². The number of carbonyl (C=O) groups excluding carboxylic acids is 2. The summed E-state index contributed by atoms with van der Waals surface area (Å²) < 4.78 is 0. The lowest BCUT2D eigenvalue weighted by Crippen LogP contribution is -2.52. The molecule has 0 saturated heterocycles. The van der Waals surface area contributed by atoms with Crippen LogP contribution in [0.5, 0.6) is 0 Å². The Labute approximate surface area is 175 Å². The fourth-order valence-corrected chi connectivity index (χ4v) is 3.32. The molecule has 1 N–H and O–H groups in total. The van der Waals surface area contributed by atoms with Gasteiger partial charge in [0.05, 0.1) is 0 Å². The molecule has 0 bridgehead atoms. The first-order valence-corrected chi connectivity index (χ1v) is 10.6. The molecule has 4 heteroatoms. The van der Waals surface area contributed by atoms with E-state index in [9.17, 15) is 9.59 Å². The summed E-state index contributed by atoms with van der Waals surface area (Å²) in [6.45, 7) is 8.52. The van der Waals surface area contributed by atoms with E-state index in [-0.39, 0.29) is 17.9 Å². The van der Waals surface area contributed by atoms with E-state index < -0.39 is 6.04 Å². The number of hydrogen-bond donors (Lipinski definition) is 1. The predicted molar refractivity (Wildman–Crippen MR) is 118 cm³/mol. The van der Waals surface area contributed by atoms with Crippen LogP contribution in [-0.4, -0.2) is 28.8 Å². The van der Waals surface area contributed by atoms with Crippen molar-refractivity contribution >= 4 is 11.8 Å². The van der Waals surface area contributed by atoms with Crippen molar-refractivity contribution in [2.75, 3.05) is 0 Å². The molecule has 2 atom stereocenters. The van der Waals surface area contributed by atoms with E-state index in [2.05, 4.69) is 5.32 Å². The van der Waals surface area contributed by atoms with Gasteiger partial charge < -0.3 is 10.2 Å². The Morgan fingerprint density at radius 3 is 2.28 bits per heavy atom. The van der Waals surface area contributed by atoms with Crippen LogP contribution in [0.3, 0.4) is 0 Å². The third-order valence-corrected chi connectivity index (χ3v) is 5.34. The molecule has 2 aromatic carbocycles. The molecular formula is C25H34N2O2. The smallest absolute Gasteiger partial charge is 0.243 e. The minimum absolute atomic E-state index is 0.0241. The van der Waals surface area contributed by atoms with Crippen molar-refractivity contribution in [3.05, 3.63) is 71.3 Å². The molecule has 0 radical (unpaired) electrons. The lowest BCUT2D eigenvalue weighted by atomic mass is 10.0. The number of hydrogen-bond acceptors (Lipinski definition) is 2. The van der Waals surface area contributed by atoms with Crippen molar-refractivity contribution in [1.29, 1.82) is 0 Å². The van der Waals surface area contributed by atoms with Gasteiger partial charge in [-0.2, -0.15) is 0 Å². The number of benzene rings is 2. The summed E-state index contributed by atoms with van der Waals surface area (Å²) in [5.74, 6) is -0.0581. The fourth-order valence-electron chi connectivity index (χ4n) is 3.32. The molecule has 4 nitrogen and oxygen atoms in total. The van der Waals surface area contributed by atoms with Crippen LogP contribution in [0, 0.1) is 6.92 Å². The van der Waals surface area contributed by atoms with Crippen LogP contribution in [0.25, 0.3) is 0 Å². The normalized spacial score (nSPS) is 12.8. The quantitative estimate of drug-likeness (QED) is 0.638. The standard InChI is InChI=1S/C25H34N2O2/c1-5-12-24(28)27(18-22-16-11-10-13-19(22)3)23(25(29)26-20(4)6-2)17-21-14-8-7-9-15-21/h7-11,13-16,20,23H,5-6,12,17-18H2,1-4H3,(H,26,29)/t20-,23-/m0/s1. The Kier molecular flexibility index (Phi) is 8.91. The van der Waals surface area contributed by atoms with E-state index >= 15 is 0 Å². The zero-order valence-corrected chi connectivity index (χ0v) is 18.2. The number of nitrogens with zero attached hydrogens (tertiary/aromatic N) is 1. The van der Waals surface area contributed by atoms with Crippen molar-refractivity contribution in [3.8, 4) is 0 Å². The van der Waals surface area contributed by atoms with Gasteiger partial charge in [0.2, 0.25) is 11.8 Å². The van der Waals surface area contributed by atoms with Crippen molar-refractivity contribution in [1.82, 2.24) is 10.2 Å². The summed E-state index contributed by atoms with van der Waals surface area (Å²) in [7, 11) is 0. The van der Waals surface area contributed by atoms with Crippen molar-refractivity contribution in [3.63, 3.8) is 0 Å². The molecule has 156 valence electrons. The molecule has 2 rings (SSSR count). The molecule has 0 unspecified atom stereocenters. The number of carbonyl (C=O) groups is 2. The fraction of sp³-hybridized carbons (Fsp3) is 0.440. The lowest BCUT2D eigenvalue weighted by molar-refractivity contribution is -0.141. The second-order valence-electron chi connectivity index (χ2n) is 7.72. The largest absolute Gasteiger partial charge is 0.352 e. The summed E-state index contributed by atoms with van der Waals surface area (Å²) in [4.78, 5) is 28.1. The predicted octanol–water partition coefficient (Wildman–Crippen LogP) is 4.65. The molecule has 0 fully saturated rings. The van der Waals surface area contributed by atoms with Gasteiger partial charge in [0.1, 0.15) is 6.04 Å². The Balaban J connectivity index is 2.39. The maximum atomic E-state index is 13.2. The molecule has 0 spiro atoms. The molecule has 2 aromatic rings. The zero-order chi connectivity index (χ0) is 21.2. The van der Waals surface area contributed by atoms with Crippen LogP contribution in [0.1, 0.15) is 56.7 Å². The van der Waals surface area contributed by atoms with E-state index in [0.717, 1.165) is 29.5 Å². The van der Waals surface area contributed by atoms with Crippen LogP contribution in [0.2, 0.25) is 0 Å². The van der Waals surface area contributed by atoms with E-state index in [1.54, 1.807) is 4.90 Å². The van der Waals surface area contributed by atoms with Crippen molar-refractivity contribution in [2.45, 2.75) is 72.0 Å². The Morgan fingerprint density at radius 1 is 1.00 bits per heavy atom. The first-order chi connectivity index (χ1) is 14.0. The first-order valence-electron chi connectivity index (χ1n) is 10.6. The van der Waals surface area contributed by atoms with E-state index in [1.807, 2.05) is 82.3 Å². The van der Waals surface area contributed by atoms with Gasteiger partial charge in [-0.1, -0.05) is 68.4 Å². The van der Waals surface area contributed by atoms with Crippen LogP contribution in [0.4, 0.5) is 0 Å². The molecule has 2 amide bonds. The first kappa shape index (κ1) is 22.7. The second kappa shape index (κ2) is 11.4. The maximum absolute atomic E-state index is 13.2. The summed E-state index contributed by atoms with van der Waals surface area (Å²) >= 11 is 0. The minimum atomic E-state index is -0.537. The molecular weight excluding hydrogens is 360 g/mol. The summed E-state index contributed by atoms with van der Waals surface area (Å²) in [6.07, 6.45) is 2.55. The molecule has 0 aromatic heterocycles. The molecule has 0 aliphatic heterocycles. The van der Waals surface area contributed by atoms with Gasteiger partial charge >= 0.3 is 0 Å². The Bertz CT molecular complexity index is 788. The average Bonchev–Trinajstić information content (AvgIpc) is 2.72.